The van der Waals surface area contributed by atoms with E-state index in [0.29, 0.717) is 21.8 Å². The van der Waals surface area contributed by atoms with Crippen molar-refractivity contribution in [1.82, 2.24) is 4.98 Å². The molecule has 0 fully saturated rings. The van der Waals surface area contributed by atoms with E-state index in [1.54, 1.807) is 30.3 Å². The molecule has 0 bridgehead atoms. The minimum atomic E-state index is -0.431. The van der Waals surface area contributed by atoms with Gasteiger partial charge >= 0.3 is 0 Å². The van der Waals surface area contributed by atoms with Crippen LogP contribution < -0.4 is 0 Å². The third kappa shape index (κ3) is 2.61. The molecule has 0 aliphatic carbocycles. The van der Waals surface area contributed by atoms with Gasteiger partial charge in [0.25, 0.3) is 5.69 Å². The predicted octanol–water partition coefficient (Wildman–Crippen LogP) is 4.09. The Labute approximate surface area is 124 Å². The number of nitrogens with zero attached hydrogens (tertiary/aromatic N) is 2. The lowest BCUT2D eigenvalue weighted by Gasteiger charge is -1.99. The van der Waals surface area contributed by atoms with Crippen LogP contribution in [-0.4, -0.2) is 15.0 Å². The lowest BCUT2D eigenvalue weighted by molar-refractivity contribution is -0.384. The molecule has 1 aromatic heterocycles. The Morgan fingerprint density at radius 1 is 1.14 bits per heavy atom. The van der Waals surface area contributed by atoms with Crippen LogP contribution in [0.25, 0.3) is 21.8 Å². The van der Waals surface area contributed by atoms with E-state index in [1.165, 1.54) is 23.5 Å². The Bertz CT molecular complexity index is 814. The molecule has 3 rings (SSSR count). The summed E-state index contributed by atoms with van der Waals surface area (Å²) in [5.74, 6) is 0.164. The maximum Gasteiger partial charge on any atom is 0.270 e. The van der Waals surface area contributed by atoms with E-state index in [1.807, 2.05) is 11.4 Å². The number of thiazole rings is 1. The molecule has 0 atom stereocenters. The zero-order chi connectivity index (χ0) is 14.8. The van der Waals surface area contributed by atoms with Gasteiger partial charge in [0, 0.05) is 23.1 Å². The van der Waals surface area contributed by atoms with Crippen molar-refractivity contribution in [3.8, 4) is 27.6 Å². The van der Waals surface area contributed by atoms with Gasteiger partial charge in [0.05, 0.1) is 16.2 Å². The molecule has 6 heteroatoms. The number of phenolic OH excluding ortho intramolecular Hbond substituents is 1. The van der Waals surface area contributed by atoms with E-state index in [4.69, 9.17) is 0 Å². The van der Waals surface area contributed by atoms with Gasteiger partial charge in [-0.05, 0) is 12.1 Å². The molecule has 0 saturated heterocycles. The van der Waals surface area contributed by atoms with E-state index in [-0.39, 0.29) is 11.4 Å². The molecule has 0 radical (unpaired) electrons. The molecule has 2 aromatic carbocycles. The monoisotopic (exact) mass is 298 g/mol. The van der Waals surface area contributed by atoms with Crippen LogP contribution in [0.5, 0.6) is 5.75 Å². The second kappa shape index (κ2) is 5.34. The van der Waals surface area contributed by atoms with Gasteiger partial charge in [0.2, 0.25) is 0 Å². The average molecular weight is 298 g/mol. The van der Waals surface area contributed by atoms with Crippen LogP contribution in [0.2, 0.25) is 0 Å². The summed E-state index contributed by atoms with van der Waals surface area (Å²) >= 11 is 1.38. The number of hydrogen-bond acceptors (Lipinski definition) is 5. The average Bonchev–Trinajstić information content (AvgIpc) is 2.97. The molecular weight excluding hydrogens is 288 g/mol. The highest BCUT2D eigenvalue weighted by atomic mass is 32.1. The fourth-order valence-corrected chi connectivity index (χ4v) is 2.83. The number of rotatable bonds is 3. The Morgan fingerprint density at radius 3 is 2.71 bits per heavy atom. The number of phenols is 1. The normalized spacial score (nSPS) is 10.5. The van der Waals surface area contributed by atoms with Crippen LogP contribution in [0.4, 0.5) is 5.69 Å². The van der Waals surface area contributed by atoms with Crippen molar-refractivity contribution in [2.45, 2.75) is 0 Å². The van der Waals surface area contributed by atoms with Crippen LogP contribution in [0.1, 0.15) is 0 Å². The first-order valence-corrected chi connectivity index (χ1v) is 7.02. The van der Waals surface area contributed by atoms with Gasteiger partial charge in [-0.1, -0.05) is 24.3 Å². The van der Waals surface area contributed by atoms with Gasteiger partial charge in [-0.2, -0.15) is 0 Å². The van der Waals surface area contributed by atoms with Gasteiger partial charge in [-0.15, -0.1) is 11.3 Å². The summed E-state index contributed by atoms with van der Waals surface area (Å²) in [6, 6.07) is 13.3. The highest BCUT2D eigenvalue weighted by molar-refractivity contribution is 7.13. The smallest absolute Gasteiger partial charge is 0.270 e. The van der Waals surface area contributed by atoms with E-state index in [0.717, 1.165) is 0 Å². The first-order valence-electron chi connectivity index (χ1n) is 6.14. The zero-order valence-electron chi connectivity index (χ0n) is 10.8. The molecule has 3 aromatic rings. The third-order valence-corrected chi connectivity index (χ3v) is 3.87. The molecule has 0 saturated carbocycles. The Balaban J connectivity index is 2.01. The van der Waals surface area contributed by atoms with E-state index in [2.05, 4.69) is 4.98 Å². The van der Waals surface area contributed by atoms with Crippen LogP contribution in [0, 0.1) is 10.1 Å². The molecule has 0 aliphatic heterocycles. The predicted molar refractivity (Wildman–Crippen MR) is 81.3 cm³/mol. The quantitative estimate of drug-likeness (QED) is 0.583. The van der Waals surface area contributed by atoms with Crippen LogP contribution in [0.3, 0.4) is 0 Å². The van der Waals surface area contributed by atoms with Crippen molar-refractivity contribution >= 4 is 17.0 Å². The molecule has 1 heterocycles. The van der Waals surface area contributed by atoms with Crippen LogP contribution >= 0.6 is 11.3 Å². The molecular formula is C15H10N2O3S. The highest BCUT2D eigenvalue weighted by Crippen LogP contribution is 2.34. The number of non-ortho nitro benzene ring substituents is 1. The number of hydrogen-bond donors (Lipinski definition) is 1. The molecule has 5 nitrogen and oxygen atoms in total. The number of aromatic nitrogens is 1. The maximum absolute atomic E-state index is 10.8. The summed E-state index contributed by atoms with van der Waals surface area (Å²) in [5.41, 5.74) is 2.02. The summed E-state index contributed by atoms with van der Waals surface area (Å²) < 4.78 is 0. The SMILES string of the molecule is O=[N+]([O-])c1cccc(-c2csc(-c3ccccc3O)n2)c1. The van der Waals surface area contributed by atoms with E-state index in [9.17, 15) is 15.2 Å². The van der Waals surface area contributed by atoms with Gasteiger partial charge in [-0.3, -0.25) is 10.1 Å². The Kier molecular flexibility index (Phi) is 3.37. The summed E-state index contributed by atoms with van der Waals surface area (Å²) in [6.07, 6.45) is 0. The summed E-state index contributed by atoms with van der Waals surface area (Å²) in [7, 11) is 0. The van der Waals surface area contributed by atoms with Crippen molar-refractivity contribution in [3.05, 3.63) is 64.0 Å². The summed E-state index contributed by atoms with van der Waals surface area (Å²) in [5, 5.41) is 23.1. The number of nitro benzene ring substituents is 1. The molecule has 0 unspecified atom stereocenters. The fourth-order valence-electron chi connectivity index (χ4n) is 1.96. The minimum Gasteiger partial charge on any atom is -0.507 e. The van der Waals surface area contributed by atoms with Crippen molar-refractivity contribution in [1.29, 1.82) is 0 Å². The highest BCUT2D eigenvalue weighted by Gasteiger charge is 2.12. The summed E-state index contributed by atoms with van der Waals surface area (Å²) in [4.78, 5) is 14.8. The Morgan fingerprint density at radius 2 is 1.95 bits per heavy atom. The number of nitro groups is 1. The van der Waals surface area contributed by atoms with Gasteiger partial charge in [0.15, 0.2) is 0 Å². The maximum atomic E-state index is 10.8. The van der Waals surface area contributed by atoms with Gasteiger partial charge in [-0.25, -0.2) is 4.98 Å². The first-order chi connectivity index (χ1) is 10.1. The van der Waals surface area contributed by atoms with Gasteiger partial charge in [0.1, 0.15) is 10.8 Å². The number of para-hydroxylation sites is 1. The van der Waals surface area contributed by atoms with E-state index >= 15 is 0 Å². The van der Waals surface area contributed by atoms with Crippen molar-refractivity contribution in [3.63, 3.8) is 0 Å². The van der Waals surface area contributed by atoms with Crippen molar-refractivity contribution in [2.24, 2.45) is 0 Å². The van der Waals surface area contributed by atoms with Crippen LogP contribution in [0.15, 0.2) is 53.9 Å². The molecule has 1 N–H and O–H groups in total. The topological polar surface area (TPSA) is 76.3 Å². The molecule has 104 valence electrons. The summed E-state index contributed by atoms with van der Waals surface area (Å²) in [6.45, 7) is 0. The molecule has 0 spiro atoms. The second-order valence-electron chi connectivity index (χ2n) is 4.36. The lowest BCUT2D eigenvalue weighted by atomic mass is 10.1. The zero-order valence-corrected chi connectivity index (χ0v) is 11.6. The van der Waals surface area contributed by atoms with Gasteiger partial charge < -0.3 is 5.11 Å². The fraction of sp³-hybridized carbons (Fsp3) is 0. The number of benzene rings is 2. The standard InChI is InChI=1S/C15H10N2O3S/c18-14-7-2-1-6-12(14)15-16-13(9-21-15)10-4-3-5-11(8-10)17(19)20/h1-9,18H. The molecule has 0 amide bonds. The molecule has 21 heavy (non-hydrogen) atoms. The minimum absolute atomic E-state index is 0.0320. The van der Waals surface area contributed by atoms with Crippen molar-refractivity contribution < 1.29 is 10.0 Å². The molecule has 0 aliphatic rings. The third-order valence-electron chi connectivity index (χ3n) is 2.99. The van der Waals surface area contributed by atoms with Crippen molar-refractivity contribution in [2.75, 3.05) is 0 Å². The number of aromatic hydroxyl groups is 1. The second-order valence-corrected chi connectivity index (χ2v) is 5.22. The Hall–Kier alpha value is -2.73. The first kappa shape index (κ1) is 13.3. The largest absolute Gasteiger partial charge is 0.507 e. The lowest BCUT2D eigenvalue weighted by Crippen LogP contribution is -1.88. The van der Waals surface area contributed by atoms with Crippen LogP contribution in [-0.2, 0) is 0 Å². The van der Waals surface area contributed by atoms with E-state index < -0.39 is 4.92 Å².